The quantitative estimate of drug-likeness (QED) is 0.730. The van der Waals surface area contributed by atoms with Gasteiger partial charge in [-0.3, -0.25) is 4.79 Å². The third-order valence-corrected chi connectivity index (χ3v) is 5.57. The van der Waals surface area contributed by atoms with Gasteiger partial charge in [0.25, 0.3) is 0 Å². The van der Waals surface area contributed by atoms with E-state index in [4.69, 9.17) is 21.1 Å². The number of piperidine rings is 1. The van der Waals surface area contributed by atoms with Gasteiger partial charge in [-0.1, -0.05) is 11.6 Å². The molecule has 0 unspecified atom stereocenters. The number of rotatable bonds is 8. The minimum absolute atomic E-state index is 0.0258. The molecule has 1 aliphatic heterocycles. The molecule has 1 aromatic rings. The predicted molar refractivity (Wildman–Crippen MR) is 107 cm³/mol. The molecule has 7 heteroatoms. The van der Waals surface area contributed by atoms with Crippen LogP contribution >= 0.6 is 11.6 Å². The lowest BCUT2D eigenvalue weighted by Gasteiger charge is -2.35. The maximum atomic E-state index is 11.0. The maximum Gasteiger partial charge on any atom is 0.234 e. The number of pyridine rings is 1. The number of halogens is 1. The second kappa shape index (κ2) is 9.60. The number of nitrogens with zero attached hydrogens (tertiary/aromatic N) is 2. The minimum Gasteiger partial charge on any atom is -0.476 e. The summed E-state index contributed by atoms with van der Waals surface area (Å²) in [4.78, 5) is 17.6. The van der Waals surface area contributed by atoms with Crippen LogP contribution in [0.15, 0.2) is 12.3 Å². The summed E-state index contributed by atoms with van der Waals surface area (Å²) in [5, 5.41) is 3.45. The van der Waals surface area contributed by atoms with E-state index in [-0.39, 0.29) is 18.1 Å². The lowest BCUT2D eigenvalue weighted by atomic mass is 9.83. The Labute approximate surface area is 166 Å². The molecule has 0 bridgehead atoms. The van der Waals surface area contributed by atoms with Crippen LogP contribution in [0.25, 0.3) is 0 Å². The molecule has 150 valence electrons. The molecule has 0 aromatic carbocycles. The highest BCUT2D eigenvalue weighted by molar-refractivity contribution is 6.34. The van der Waals surface area contributed by atoms with E-state index in [2.05, 4.69) is 15.2 Å². The van der Waals surface area contributed by atoms with Crippen LogP contribution < -0.4 is 15.0 Å². The van der Waals surface area contributed by atoms with Gasteiger partial charge in [0.2, 0.25) is 11.8 Å². The molecule has 6 nitrogen and oxygen atoms in total. The molecule has 2 aliphatic rings. The fraction of sp³-hybridized carbons (Fsp3) is 0.700. The van der Waals surface area contributed by atoms with Gasteiger partial charge in [0.15, 0.2) is 0 Å². The summed E-state index contributed by atoms with van der Waals surface area (Å²) in [5.41, 5.74) is 1.03. The van der Waals surface area contributed by atoms with Crippen molar-refractivity contribution in [3.8, 4) is 5.88 Å². The SMILES string of the molecule is CC(=O)N[C@@H](C)COC1CC(COc2nccc(N3CCCCC3)c2Cl)C1. The van der Waals surface area contributed by atoms with Gasteiger partial charge in [-0.05, 0) is 51.0 Å². The lowest BCUT2D eigenvalue weighted by molar-refractivity contribution is -0.120. The molecular formula is C20H30ClN3O3. The summed E-state index contributed by atoms with van der Waals surface area (Å²) >= 11 is 6.55. The highest BCUT2D eigenvalue weighted by atomic mass is 35.5. The molecule has 0 spiro atoms. The fourth-order valence-corrected chi connectivity index (χ4v) is 3.99. The third-order valence-electron chi connectivity index (χ3n) is 5.21. The van der Waals surface area contributed by atoms with Crippen LogP contribution in [0.1, 0.15) is 46.0 Å². The van der Waals surface area contributed by atoms with E-state index in [0.717, 1.165) is 31.6 Å². The van der Waals surface area contributed by atoms with Gasteiger partial charge in [-0.2, -0.15) is 0 Å². The predicted octanol–water partition coefficient (Wildman–Crippen LogP) is 3.42. The van der Waals surface area contributed by atoms with E-state index < -0.39 is 0 Å². The molecular weight excluding hydrogens is 366 g/mol. The highest BCUT2D eigenvalue weighted by Gasteiger charge is 2.31. The molecule has 0 radical (unpaired) electrons. The first-order valence-corrected chi connectivity index (χ1v) is 10.3. The average molecular weight is 396 g/mol. The first kappa shape index (κ1) is 20.2. The van der Waals surface area contributed by atoms with Gasteiger partial charge in [-0.15, -0.1) is 0 Å². The smallest absolute Gasteiger partial charge is 0.234 e. The number of carbonyl (C=O) groups is 1. The van der Waals surface area contributed by atoms with Crippen molar-refractivity contribution in [3.63, 3.8) is 0 Å². The van der Waals surface area contributed by atoms with E-state index in [1.54, 1.807) is 6.20 Å². The maximum absolute atomic E-state index is 11.0. The van der Waals surface area contributed by atoms with E-state index in [1.165, 1.54) is 26.2 Å². The zero-order valence-corrected chi connectivity index (χ0v) is 17.0. The number of hydrogen-bond acceptors (Lipinski definition) is 5. The molecule has 1 N–H and O–H groups in total. The van der Waals surface area contributed by atoms with Crippen LogP contribution in [0.4, 0.5) is 5.69 Å². The van der Waals surface area contributed by atoms with Crippen molar-refractivity contribution in [2.24, 2.45) is 5.92 Å². The van der Waals surface area contributed by atoms with Crippen molar-refractivity contribution in [3.05, 3.63) is 17.3 Å². The van der Waals surface area contributed by atoms with Gasteiger partial charge in [0.1, 0.15) is 5.02 Å². The molecule has 1 aromatic heterocycles. The topological polar surface area (TPSA) is 63.7 Å². The average Bonchev–Trinajstić information content (AvgIpc) is 2.61. The number of hydrogen-bond donors (Lipinski definition) is 1. The second-order valence-electron chi connectivity index (χ2n) is 7.70. The van der Waals surface area contributed by atoms with Crippen molar-refractivity contribution in [2.75, 3.05) is 31.2 Å². The number of carbonyl (C=O) groups excluding carboxylic acids is 1. The summed E-state index contributed by atoms with van der Waals surface area (Å²) in [6.45, 7) is 6.71. The Morgan fingerprint density at radius 3 is 2.81 bits per heavy atom. The molecule has 2 heterocycles. The summed E-state index contributed by atoms with van der Waals surface area (Å²) < 4.78 is 11.7. The summed E-state index contributed by atoms with van der Waals surface area (Å²) in [6, 6.07) is 2.02. The number of ether oxygens (including phenoxy) is 2. The van der Waals surface area contributed by atoms with Gasteiger partial charge in [0.05, 0.1) is 25.0 Å². The summed E-state index contributed by atoms with van der Waals surface area (Å²) in [7, 11) is 0. The summed E-state index contributed by atoms with van der Waals surface area (Å²) in [6.07, 6.45) is 7.67. The van der Waals surface area contributed by atoms with Crippen LogP contribution in [-0.2, 0) is 9.53 Å². The Morgan fingerprint density at radius 2 is 2.11 bits per heavy atom. The number of nitrogens with one attached hydrogen (secondary N) is 1. The lowest BCUT2D eigenvalue weighted by Crippen LogP contribution is -2.40. The molecule has 1 amide bonds. The Bertz CT molecular complexity index is 631. The van der Waals surface area contributed by atoms with Gasteiger partial charge < -0.3 is 19.7 Å². The number of amides is 1. The highest BCUT2D eigenvalue weighted by Crippen LogP contribution is 2.36. The van der Waals surface area contributed by atoms with Crippen molar-refractivity contribution in [2.45, 2.75) is 58.1 Å². The Morgan fingerprint density at radius 1 is 1.37 bits per heavy atom. The van der Waals surface area contributed by atoms with Gasteiger partial charge in [-0.25, -0.2) is 4.98 Å². The number of aromatic nitrogens is 1. The van der Waals surface area contributed by atoms with Gasteiger partial charge in [0, 0.05) is 32.3 Å². The largest absolute Gasteiger partial charge is 0.476 e. The minimum atomic E-state index is -0.0258. The zero-order valence-electron chi connectivity index (χ0n) is 16.2. The first-order chi connectivity index (χ1) is 13.0. The van der Waals surface area contributed by atoms with Crippen LogP contribution in [0.5, 0.6) is 5.88 Å². The van der Waals surface area contributed by atoms with Crippen LogP contribution in [0.2, 0.25) is 5.02 Å². The normalized spacial score (nSPS) is 23.4. The van der Waals surface area contributed by atoms with E-state index in [0.29, 0.717) is 30.0 Å². The first-order valence-electron chi connectivity index (χ1n) is 9.94. The second-order valence-corrected chi connectivity index (χ2v) is 8.08. The Hall–Kier alpha value is -1.53. The van der Waals surface area contributed by atoms with Gasteiger partial charge >= 0.3 is 0 Å². The fourth-order valence-electron chi connectivity index (χ4n) is 3.71. The molecule has 1 saturated heterocycles. The van der Waals surface area contributed by atoms with Crippen molar-refractivity contribution < 1.29 is 14.3 Å². The molecule has 2 fully saturated rings. The molecule has 3 rings (SSSR count). The van der Waals surface area contributed by atoms with Crippen molar-refractivity contribution in [1.82, 2.24) is 10.3 Å². The standard InChI is InChI=1S/C20H30ClN3O3/c1-14(23-15(2)25)12-26-17-10-16(11-17)13-27-20-19(21)18(6-7-22-20)24-8-4-3-5-9-24/h6-7,14,16-17H,3-5,8-13H2,1-2H3,(H,23,25)/t14-,16?,17?/m0/s1. The van der Waals surface area contributed by atoms with Crippen molar-refractivity contribution in [1.29, 1.82) is 0 Å². The van der Waals surface area contributed by atoms with Crippen LogP contribution in [0.3, 0.4) is 0 Å². The Kier molecular flexibility index (Phi) is 7.19. The van der Waals surface area contributed by atoms with E-state index >= 15 is 0 Å². The molecule has 1 atom stereocenters. The third kappa shape index (κ3) is 5.72. The van der Waals surface area contributed by atoms with E-state index in [9.17, 15) is 4.79 Å². The van der Waals surface area contributed by atoms with Crippen LogP contribution in [0, 0.1) is 5.92 Å². The monoisotopic (exact) mass is 395 g/mol. The molecule has 27 heavy (non-hydrogen) atoms. The van der Waals surface area contributed by atoms with E-state index in [1.807, 2.05) is 13.0 Å². The van der Waals surface area contributed by atoms with Crippen molar-refractivity contribution >= 4 is 23.2 Å². The Balaban J connectivity index is 1.40. The summed E-state index contributed by atoms with van der Waals surface area (Å²) in [5.74, 6) is 0.966. The number of anilines is 1. The molecule has 1 aliphatic carbocycles. The zero-order chi connectivity index (χ0) is 19.2. The molecule has 1 saturated carbocycles. The van der Waals surface area contributed by atoms with Crippen LogP contribution in [-0.4, -0.2) is 49.3 Å².